The number of nitrogens with one attached hydrogen (secondary N) is 1. The number of rotatable bonds is 9. The number of hydrogen-bond acceptors (Lipinski definition) is 5. The van der Waals surface area contributed by atoms with Crippen LogP contribution >= 0.6 is 0 Å². The normalized spacial score (nSPS) is 11.0. The third-order valence-corrected chi connectivity index (χ3v) is 4.01. The summed E-state index contributed by atoms with van der Waals surface area (Å²) in [6.07, 6.45) is 1.18. The molecule has 1 unspecified atom stereocenters. The summed E-state index contributed by atoms with van der Waals surface area (Å²) in [6.45, 7) is 0. The van der Waals surface area contributed by atoms with Crippen molar-refractivity contribution in [2.45, 2.75) is 25.3 Å². The van der Waals surface area contributed by atoms with Crippen molar-refractivity contribution in [3.05, 3.63) is 59.7 Å². The van der Waals surface area contributed by atoms with E-state index in [1.807, 2.05) is 48.5 Å². The van der Waals surface area contributed by atoms with Gasteiger partial charge in [0.15, 0.2) is 0 Å². The van der Waals surface area contributed by atoms with Gasteiger partial charge in [0.2, 0.25) is 0 Å². The van der Waals surface area contributed by atoms with E-state index in [2.05, 4.69) is 5.32 Å². The standard InChI is InChI=1S/C11H15NO3.C10H12O3/c1-12-10(11(13)14)7-8-3-5-9(15-2)6-4-8;1-13-9-4-2-3-8(7-9)5-6-10(11)12/h3-6,10,12H,7H2,1-2H3,(H,13,14);2-4,7H,5-6H2,1H3,(H,11,12). The van der Waals surface area contributed by atoms with Gasteiger partial charge >= 0.3 is 11.9 Å². The van der Waals surface area contributed by atoms with Crippen molar-refractivity contribution in [2.75, 3.05) is 21.3 Å². The van der Waals surface area contributed by atoms with Gasteiger partial charge in [-0.2, -0.15) is 0 Å². The lowest BCUT2D eigenvalue weighted by Crippen LogP contribution is -2.35. The monoisotopic (exact) mass is 389 g/mol. The Balaban J connectivity index is 0.000000283. The van der Waals surface area contributed by atoms with E-state index in [-0.39, 0.29) is 6.42 Å². The van der Waals surface area contributed by atoms with Gasteiger partial charge in [0.25, 0.3) is 0 Å². The largest absolute Gasteiger partial charge is 0.497 e. The van der Waals surface area contributed by atoms with E-state index in [0.29, 0.717) is 12.8 Å². The summed E-state index contributed by atoms with van der Waals surface area (Å²) in [7, 11) is 4.83. The van der Waals surface area contributed by atoms with Gasteiger partial charge in [0, 0.05) is 6.42 Å². The topological polar surface area (TPSA) is 105 Å². The SMILES string of the molecule is CNC(Cc1ccc(OC)cc1)C(=O)O.COc1cccc(CCC(=O)O)c1. The van der Waals surface area contributed by atoms with E-state index in [1.54, 1.807) is 21.3 Å². The highest BCUT2D eigenvalue weighted by Crippen LogP contribution is 2.14. The van der Waals surface area contributed by atoms with E-state index in [9.17, 15) is 9.59 Å². The van der Waals surface area contributed by atoms with Crippen molar-refractivity contribution in [1.82, 2.24) is 5.32 Å². The fourth-order valence-electron chi connectivity index (χ4n) is 2.39. The second kappa shape index (κ2) is 12.3. The Kier molecular flexibility index (Phi) is 10.1. The smallest absolute Gasteiger partial charge is 0.321 e. The molecule has 0 spiro atoms. The quantitative estimate of drug-likeness (QED) is 0.605. The van der Waals surface area contributed by atoms with Crippen LogP contribution in [0.15, 0.2) is 48.5 Å². The molecule has 0 amide bonds. The molecule has 7 heteroatoms. The number of aliphatic carboxylic acids is 2. The molecule has 2 aromatic carbocycles. The van der Waals surface area contributed by atoms with E-state index in [0.717, 1.165) is 22.6 Å². The van der Waals surface area contributed by atoms with Crippen LogP contribution < -0.4 is 14.8 Å². The molecule has 152 valence electrons. The minimum atomic E-state index is -0.840. The fraction of sp³-hybridized carbons (Fsp3) is 0.333. The number of likely N-dealkylation sites (N-methyl/N-ethyl adjacent to an activating group) is 1. The van der Waals surface area contributed by atoms with Gasteiger partial charge in [-0.1, -0.05) is 24.3 Å². The molecular formula is C21H27NO6. The Morgan fingerprint density at radius 2 is 1.61 bits per heavy atom. The van der Waals surface area contributed by atoms with Gasteiger partial charge in [0.1, 0.15) is 17.5 Å². The number of carboxylic acids is 2. The average Bonchev–Trinajstić information content (AvgIpc) is 2.71. The first-order chi connectivity index (χ1) is 13.4. The zero-order valence-electron chi connectivity index (χ0n) is 16.3. The van der Waals surface area contributed by atoms with Crippen LogP contribution in [-0.2, 0) is 22.4 Å². The fourth-order valence-corrected chi connectivity index (χ4v) is 2.39. The maximum atomic E-state index is 10.8. The molecule has 0 bridgehead atoms. The van der Waals surface area contributed by atoms with Crippen LogP contribution in [0.2, 0.25) is 0 Å². The van der Waals surface area contributed by atoms with E-state index >= 15 is 0 Å². The van der Waals surface area contributed by atoms with Crippen LogP contribution in [0.3, 0.4) is 0 Å². The van der Waals surface area contributed by atoms with Crippen LogP contribution in [0.5, 0.6) is 11.5 Å². The van der Waals surface area contributed by atoms with Crippen molar-refractivity contribution < 1.29 is 29.3 Å². The third-order valence-electron chi connectivity index (χ3n) is 4.01. The Morgan fingerprint density at radius 1 is 0.964 bits per heavy atom. The summed E-state index contributed by atoms with van der Waals surface area (Å²) in [5.41, 5.74) is 1.96. The molecule has 7 nitrogen and oxygen atoms in total. The first kappa shape index (κ1) is 23.0. The lowest BCUT2D eigenvalue weighted by atomic mass is 10.1. The van der Waals surface area contributed by atoms with Crippen molar-refractivity contribution in [3.63, 3.8) is 0 Å². The number of hydrogen-bond donors (Lipinski definition) is 3. The zero-order chi connectivity index (χ0) is 20.9. The first-order valence-corrected chi connectivity index (χ1v) is 8.77. The number of benzene rings is 2. The summed E-state index contributed by atoms with van der Waals surface area (Å²) in [5.74, 6) is -0.0749. The summed E-state index contributed by atoms with van der Waals surface area (Å²) in [4.78, 5) is 21.1. The molecule has 3 N–H and O–H groups in total. The molecule has 0 radical (unpaired) electrons. The minimum Gasteiger partial charge on any atom is -0.497 e. The molecule has 0 aromatic heterocycles. The number of carboxylic acid groups (broad SMARTS) is 2. The van der Waals surface area contributed by atoms with Gasteiger partial charge in [0.05, 0.1) is 14.2 Å². The summed E-state index contributed by atoms with van der Waals surface area (Å²) in [6, 6.07) is 14.3. The number of carbonyl (C=O) groups is 2. The van der Waals surface area contributed by atoms with E-state index < -0.39 is 18.0 Å². The third kappa shape index (κ3) is 8.55. The molecule has 0 heterocycles. The first-order valence-electron chi connectivity index (χ1n) is 8.77. The number of methoxy groups -OCH3 is 2. The van der Waals surface area contributed by atoms with Gasteiger partial charge in [-0.05, 0) is 55.3 Å². The second-order valence-electron chi connectivity index (χ2n) is 5.98. The Labute approximate surface area is 164 Å². The van der Waals surface area contributed by atoms with Crippen LogP contribution in [0, 0.1) is 0 Å². The maximum absolute atomic E-state index is 10.8. The molecule has 0 aliphatic heterocycles. The second-order valence-corrected chi connectivity index (χ2v) is 5.98. The van der Waals surface area contributed by atoms with Crippen LogP contribution in [-0.4, -0.2) is 49.5 Å². The molecule has 0 saturated heterocycles. The highest BCUT2D eigenvalue weighted by Gasteiger charge is 2.14. The number of ether oxygens (including phenoxy) is 2. The molecule has 2 aromatic rings. The van der Waals surface area contributed by atoms with Crippen molar-refractivity contribution in [2.24, 2.45) is 0 Å². The lowest BCUT2D eigenvalue weighted by Gasteiger charge is -2.11. The minimum absolute atomic E-state index is 0.160. The molecular weight excluding hydrogens is 362 g/mol. The van der Waals surface area contributed by atoms with Gasteiger partial charge < -0.3 is 25.0 Å². The van der Waals surface area contributed by atoms with Crippen molar-refractivity contribution in [3.8, 4) is 11.5 Å². The zero-order valence-corrected chi connectivity index (χ0v) is 16.3. The lowest BCUT2D eigenvalue weighted by molar-refractivity contribution is -0.139. The van der Waals surface area contributed by atoms with Crippen molar-refractivity contribution in [1.29, 1.82) is 0 Å². The van der Waals surface area contributed by atoms with Crippen molar-refractivity contribution >= 4 is 11.9 Å². The van der Waals surface area contributed by atoms with E-state index in [4.69, 9.17) is 19.7 Å². The highest BCUT2D eigenvalue weighted by atomic mass is 16.5. The van der Waals surface area contributed by atoms with Gasteiger partial charge in [-0.25, -0.2) is 0 Å². The summed E-state index contributed by atoms with van der Waals surface area (Å²) in [5, 5.41) is 20.1. The maximum Gasteiger partial charge on any atom is 0.321 e. The molecule has 0 aliphatic rings. The Morgan fingerprint density at radius 3 is 2.11 bits per heavy atom. The predicted octanol–water partition coefficient (Wildman–Crippen LogP) is 2.62. The highest BCUT2D eigenvalue weighted by molar-refractivity contribution is 5.73. The van der Waals surface area contributed by atoms with Gasteiger partial charge in [-0.15, -0.1) is 0 Å². The van der Waals surface area contributed by atoms with Crippen LogP contribution in [0.4, 0.5) is 0 Å². The molecule has 2 rings (SSSR count). The molecule has 0 saturated carbocycles. The average molecular weight is 389 g/mol. The van der Waals surface area contributed by atoms with Crippen LogP contribution in [0.1, 0.15) is 17.5 Å². The van der Waals surface area contributed by atoms with Crippen LogP contribution in [0.25, 0.3) is 0 Å². The molecule has 0 aliphatic carbocycles. The predicted molar refractivity (Wildman–Crippen MR) is 106 cm³/mol. The number of aryl methyl sites for hydroxylation is 1. The van der Waals surface area contributed by atoms with E-state index in [1.165, 1.54) is 0 Å². The molecule has 1 atom stereocenters. The molecule has 28 heavy (non-hydrogen) atoms. The Bertz CT molecular complexity index is 745. The molecule has 0 fully saturated rings. The Hall–Kier alpha value is -3.06. The van der Waals surface area contributed by atoms with Gasteiger partial charge in [-0.3, -0.25) is 9.59 Å². The summed E-state index contributed by atoms with van der Waals surface area (Å²) >= 11 is 0. The summed E-state index contributed by atoms with van der Waals surface area (Å²) < 4.78 is 10.0.